The van der Waals surface area contributed by atoms with Crippen molar-refractivity contribution in [2.24, 2.45) is 11.8 Å². The number of fused-ring (bicyclic) bond motifs is 5. The molecule has 5 heteroatoms. The fourth-order valence-electron chi connectivity index (χ4n) is 3.63. The summed E-state index contributed by atoms with van der Waals surface area (Å²) in [5, 5.41) is 9.63. The Labute approximate surface area is 121 Å². The second kappa shape index (κ2) is 4.02. The molecule has 4 rings (SSSR count). The maximum Gasteiger partial charge on any atom is 0.241 e. The maximum atomic E-state index is 12.7. The van der Waals surface area contributed by atoms with Crippen LogP contribution in [0.15, 0.2) is 36.4 Å². The van der Waals surface area contributed by atoms with Gasteiger partial charge in [-0.25, -0.2) is 4.90 Å². The Morgan fingerprint density at radius 2 is 1.95 bits per heavy atom. The normalized spacial score (nSPS) is 36.7. The van der Waals surface area contributed by atoms with Gasteiger partial charge in [-0.05, 0) is 19.1 Å². The van der Waals surface area contributed by atoms with E-state index < -0.39 is 23.5 Å². The van der Waals surface area contributed by atoms with Crippen molar-refractivity contribution in [2.75, 3.05) is 11.5 Å². The number of anilines is 1. The van der Waals surface area contributed by atoms with Crippen LogP contribution in [0.1, 0.15) is 5.56 Å². The van der Waals surface area contributed by atoms with Gasteiger partial charge in [-0.1, -0.05) is 29.8 Å². The van der Waals surface area contributed by atoms with Crippen molar-refractivity contribution in [1.29, 1.82) is 0 Å². The summed E-state index contributed by atoms with van der Waals surface area (Å²) in [7, 11) is 0. The summed E-state index contributed by atoms with van der Waals surface area (Å²) in [5.74, 6) is -1.66. The zero-order valence-corrected chi connectivity index (χ0v) is 11.5. The smallest absolute Gasteiger partial charge is 0.241 e. The first-order valence-corrected chi connectivity index (χ1v) is 7.00. The zero-order chi connectivity index (χ0) is 14.8. The molecule has 108 valence electrons. The second-order valence-corrected chi connectivity index (χ2v) is 5.91. The van der Waals surface area contributed by atoms with Crippen LogP contribution in [0.4, 0.5) is 5.69 Å². The van der Waals surface area contributed by atoms with E-state index in [9.17, 15) is 14.7 Å². The number of hydrogen-bond donors (Lipinski definition) is 1. The number of hydrogen-bond acceptors (Lipinski definition) is 4. The highest BCUT2D eigenvalue weighted by molar-refractivity contribution is 6.23. The van der Waals surface area contributed by atoms with Crippen molar-refractivity contribution >= 4 is 17.5 Å². The molecule has 3 aliphatic heterocycles. The van der Waals surface area contributed by atoms with Gasteiger partial charge in [-0.2, -0.15) is 0 Å². The third-order valence-corrected chi connectivity index (χ3v) is 4.69. The minimum atomic E-state index is -1.03. The predicted octanol–water partition coefficient (Wildman–Crippen LogP) is 0.800. The van der Waals surface area contributed by atoms with Crippen LogP contribution >= 0.6 is 0 Å². The monoisotopic (exact) mass is 285 g/mol. The number of rotatable bonds is 2. The van der Waals surface area contributed by atoms with Gasteiger partial charge in [-0.15, -0.1) is 0 Å². The molecule has 3 aliphatic rings. The predicted molar refractivity (Wildman–Crippen MR) is 74.5 cm³/mol. The van der Waals surface area contributed by atoms with E-state index in [-0.39, 0.29) is 18.4 Å². The van der Waals surface area contributed by atoms with Crippen molar-refractivity contribution in [1.82, 2.24) is 0 Å². The number of carbonyl (C=O) groups excluding carboxylic acids is 2. The van der Waals surface area contributed by atoms with Gasteiger partial charge in [0.05, 0.1) is 30.2 Å². The number of ether oxygens (including phenoxy) is 1. The van der Waals surface area contributed by atoms with Gasteiger partial charge in [0.15, 0.2) is 0 Å². The molecule has 2 amide bonds. The maximum absolute atomic E-state index is 12.7. The third-order valence-electron chi connectivity index (χ3n) is 4.69. The van der Waals surface area contributed by atoms with Crippen molar-refractivity contribution < 1.29 is 19.4 Å². The standard InChI is InChI=1S/C16H15NO4/c1-9-2-4-10(5-3-9)17-14(19)12-11-6-7-16(8-18,21-11)13(12)15(17)20/h2-7,11-13,18H,8H2,1H3/t11-,12+,13+,16+/m1/s1. The van der Waals surface area contributed by atoms with E-state index in [1.807, 2.05) is 19.1 Å². The molecule has 0 unspecified atom stereocenters. The molecule has 5 nitrogen and oxygen atoms in total. The SMILES string of the molecule is Cc1ccc(N2C(=O)[C@@H]3[C@@H](C2=O)[C@@]2(CO)C=C[C@H]3O2)cc1. The lowest BCUT2D eigenvalue weighted by molar-refractivity contribution is -0.128. The summed E-state index contributed by atoms with van der Waals surface area (Å²) < 4.78 is 5.69. The zero-order valence-electron chi connectivity index (χ0n) is 11.5. The van der Waals surface area contributed by atoms with Crippen LogP contribution in [0.2, 0.25) is 0 Å². The Morgan fingerprint density at radius 3 is 2.62 bits per heavy atom. The molecular weight excluding hydrogens is 270 g/mol. The van der Waals surface area contributed by atoms with Gasteiger partial charge in [-0.3, -0.25) is 9.59 Å². The number of benzene rings is 1. The summed E-state index contributed by atoms with van der Waals surface area (Å²) in [6.07, 6.45) is 3.10. The number of aliphatic hydroxyl groups excluding tert-OH is 1. The highest BCUT2D eigenvalue weighted by Gasteiger charge is 2.67. The molecule has 0 spiro atoms. The van der Waals surface area contributed by atoms with E-state index in [4.69, 9.17) is 4.74 Å². The molecule has 0 saturated carbocycles. The average molecular weight is 285 g/mol. The van der Waals surface area contributed by atoms with Crippen LogP contribution in [-0.2, 0) is 14.3 Å². The van der Waals surface area contributed by atoms with Crippen LogP contribution in [-0.4, -0.2) is 35.2 Å². The Kier molecular flexibility index (Phi) is 2.44. The molecule has 2 fully saturated rings. The van der Waals surface area contributed by atoms with Crippen LogP contribution in [0.25, 0.3) is 0 Å². The molecule has 2 bridgehead atoms. The van der Waals surface area contributed by atoms with Crippen molar-refractivity contribution in [3.05, 3.63) is 42.0 Å². The third kappa shape index (κ3) is 1.47. The number of amides is 2. The van der Waals surface area contributed by atoms with Gasteiger partial charge in [0.2, 0.25) is 11.8 Å². The number of imide groups is 1. The van der Waals surface area contributed by atoms with Gasteiger partial charge in [0, 0.05) is 0 Å². The van der Waals surface area contributed by atoms with E-state index in [1.165, 1.54) is 4.90 Å². The molecule has 0 aliphatic carbocycles. The molecule has 21 heavy (non-hydrogen) atoms. The Morgan fingerprint density at radius 1 is 1.24 bits per heavy atom. The van der Waals surface area contributed by atoms with Gasteiger partial charge in [0.1, 0.15) is 5.60 Å². The van der Waals surface area contributed by atoms with Crippen molar-refractivity contribution in [3.8, 4) is 0 Å². The summed E-state index contributed by atoms with van der Waals surface area (Å²) in [4.78, 5) is 26.6. The Bertz CT molecular complexity index is 665. The van der Waals surface area contributed by atoms with E-state index in [1.54, 1.807) is 24.3 Å². The number of aliphatic hydroxyl groups is 1. The number of carbonyl (C=O) groups is 2. The van der Waals surface area contributed by atoms with Crippen LogP contribution in [0.5, 0.6) is 0 Å². The van der Waals surface area contributed by atoms with E-state index in [0.29, 0.717) is 5.69 Å². The van der Waals surface area contributed by atoms with Crippen LogP contribution in [0, 0.1) is 18.8 Å². The summed E-state index contributed by atoms with van der Waals surface area (Å²) in [5.41, 5.74) is 0.619. The number of aryl methyl sites for hydroxylation is 1. The second-order valence-electron chi connectivity index (χ2n) is 5.91. The first-order valence-electron chi connectivity index (χ1n) is 7.00. The first-order chi connectivity index (χ1) is 10.1. The molecule has 1 N–H and O–H groups in total. The molecular formula is C16H15NO4. The lowest BCUT2D eigenvalue weighted by atomic mass is 9.77. The molecule has 0 radical (unpaired) electrons. The molecule has 4 atom stereocenters. The average Bonchev–Trinajstić information content (AvgIpc) is 3.12. The topological polar surface area (TPSA) is 66.8 Å². The minimum Gasteiger partial charge on any atom is -0.393 e. The largest absolute Gasteiger partial charge is 0.393 e. The fourth-order valence-corrected chi connectivity index (χ4v) is 3.63. The Hall–Kier alpha value is -1.98. The fraction of sp³-hybridized carbons (Fsp3) is 0.375. The van der Waals surface area contributed by atoms with Crippen LogP contribution < -0.4 is 4.90 Å². The van der Waals surface area contributed by atoms with Crippen LogP contribution in [0.3, 0.4) is 0 Å². The molecule has 1 aromatic carbocycles. The minimum absolute atomic E-state index is 0.237. The molecule has 2 saturated heterocycles. The van der Waals surface area contributed by atoms with Crippen molar-refractivity contribution in [2.45, 2.75) is 18.6 Å². The van der Waals surface area contributed by atoms with E-state index in [2.05, 4.69) is 0 Å². The van der Waals surface area contributed by atoms with E-state index in [0.717, 1.165) is 5.56 Å². The van der Waals surface area contributed by atoms with Gasteiger partial charge in [0.25, 0.3) is 0 Å². The Balaban J connectivity index is 1.77. The molecule has 0 aromatic heterocycles. The summed E-state index contributed by atoms with van der Waals surface area (Å²) >= 11 is 0. The van der Waals surface area contributed by atoms with Crippen molar-refractivity contribution in [3.63, 3.8) is 0 Å². The van der Waals surface area contributed by atoms with Gasteiger partial charge < -0.3 is 9.84 Å². The molecule has 3 heterocycles. The van der Waals surface area contributed by atoms with Gasteiger partial charge >= 0.3 is 0 Å². The van der Waals surface area contributed by atoms with E-state index >= 15 is 0 Å². The number of nitrogens with zero attached hydrogens (tertiary/aromatic N) is 1. The highest BCUT2D eigenvalue weighted by Crippen LogP contribution is 2.52. The highest BCUT2D eigenvalue weighted by atomic mass is 16.5. The quantitative estimate of drug-likeness (QED) is 0.645. The summed E-state index contributed by atoms with van der Waals surface area (Å²) in [6, 6.07) is 7.28. The summed E-state index contributed by atoms with van der Waals surface area (Å²) in [6.45, 7) is 1.66. The lowest BCUT2D eigenvalue weighted by Crippen LogP contribution is -2.43. The first kappa shape index (κ1) is 12.7. The molecule has 1 aromatic rings. The lowest BCUT2D eigenvalue weighted by Gasteiger charge is -2.26.